The first-order valence-corrected chi connectivity index (χ1v) is 10.5. The average molecular weight is 374 g/mol. The van der Waals surface area contributed by atoms with E-state index in [1.807, 2.05) is 17.3 Å². The summed E-state index contributed by atoms with van der Waals surface area (Å²) in [6, 6.07) is 0. The fourth-order valence-corrected chi connectivity index (χ4v) is 5.02. The fraction of sp³-hybridized carbons (Fsp3) is 0.632. The van der Waals surface area contributed by atoms with Gasteiger partial charge in [-0.3, -0.25) is 9.69 Å². The first-order valence-electron chi connectivity index (χ1n) is 9.72. The van der Waals surface area contributed by atoms with Crippen LogP contribution in [-0.2, 0) is 13.1 Å². The Kier molecular flexibility index (Phi) is 5.36. The predicted molar refractivity (Wildman–Crippen MR) is 102 cm³/mol. The summed E-state index contributed by atoms with van der Waals surface area (Å²) in [5.41, 5.74) is 0. The number of hydrogen-bond acceptors (Lipinski definition) is 5. The molecule has 4 rings (SSSR count). The molecule has 4 heterocycles. The molecule has 1 amide bonds. The van der Waals surface area contributed by atoms with Crippen molar-refractivity contribution >= 4 is 17.2 Å². The molecular formula is C19H27N5OS. The second kappa shape index (κ2) is 7.88. The third-order valence-electron chi connectivity index (χ3n) is 5.48. The molecule has 26 heavy (non-hydrogen) atoms. The zero-order chi connectivity index (χ0) is 17.9. The van der Waals surface area contributed by atoms with E-state index in [2.05, 4.69) is 26.4 Å². The van der Waals surface area contributed by atoms with Gasteiger partial charge in [0.15, 0.2) is 0 Å². The lowest BCUT2D eigenvalue weighted by molar-refractivity contribution is 0.0708. The van der Waals surface area contributed by atoms with Crippen LogP contribution in [0.5, 0.6) is 0 Å². The minimum absolute atomic E-state index is 0.134. The highest BCUT2D eigenvalue weighted by Gasteiger charge is 2.29. The van der Waals surface area contributed by atoms with Crippen molar-refractivity contribution in [1.82, 2.24) is 24.3 Å². The summed E-state index contributed by atoms with van der Waals surface area (Å²) in [5.74, 6) is 1.58. The van der Waals surface area contributed by atoms with E-state index in [0.717, 1.165) is 67.8 Å². The minimum Gasteiger partial charge on any atom is -0.337 e. The molecule has 2 saturated heterocycles. The lowest BCUT2D eigenvalue weighted by atomic mass is 9.97. The van der Waals surface area contributed by atoms with Gasteiger partial charge in [0.2, 0.25) is 0 Å². The van der Waals surface area contributed by atoms with Crippen molar-refractivity contribution in [2.24, 2.45) is 0 Å². The summed E-state index contributed by atoms with van der Waals surface area (Å²) in [4.78, 5) is 27.2. The molecule has 0 saturated carbocycles. The Morgan fingerprint density at radius 1 is 1.23 bits per heavy atom. The Bertz CT molecular complexity index is 749. The number of piperidine rings is 1. The summed E-state index contributed by atoms with van der Waals surface area (Å²) in [6.07, 6.45) is 10.4. The number of carbonyl (C=O) groups is 1. The number of rotatable bonds is 5. The van der Waals surface area contributed by atoms with Gasteiger partial charge in [0, 0.05) is 37.9 Å². The van der Waals surface area contributed by atoms with Gasteiger partial charge in [0.1, 0.15) is 15.7 Å². The molecule has 0 N–H and O–H groups in total. The Balaban J connectivity index is 1.42. The molecule has 2 aliphatic rings. The number of hydrogen-bond donors (Lipinski definition) is 0. The summed E-state index contributed by atoms with van der Waals surface area (Å²) in [5, 5.41) is 1.06. The number of amides is 1. The number of carbonyl (C=O) groups excluding carboxylic acids is 1. The molecule has 0 aromatic carbocycles. The maximum Gasteiger partial charge on any atom is 0.265 e. The Hall–Kier alpha value is -1.73. The summed E-state index contributed by atoms with van der Waals surface area (Å²) in [7, 11) is 0. The summed E-state index contributed by atoms with van der Waals surface area (Å²) >= 11 is 1.56. The van der Waals surface area contributed by atoms with Crippen molar-refractivity contribution in [3.05, 3.63) is 34.3 Å². The number of nitrogens with zero attached hydrogens (tertiary/aromatic N) is 5. The van der Waals surface area contributed by atoms with Crippen LogP contribution in [0.4, 0.5) is 0 Å². The van der Waals surface area contributed by atoms with Crippen LogP contribution in [0.1, 0.15) is 59.0 Å². The predicted octanol–water partition coefficient (Wildman–Crippen LogP) is 2.98. The topological polar surface area (TPSA) is 54.3 Å². The van der Waals surface area contributed by atoms with Crippen molar-refractivity contribution in [3.8, 4) is 0 Å². The van der Waals surface area contributed by atoms with Crippen molar-refractivity contribution in [2.75, 3.05) is 26.2 Å². The SMILES string of the molecule is CCn1ccnc1[C@H]1CCCN(C(=O)c2cnc(CN3CCCC3)s2)C1. The molecule has 140 valence electrons. The molecule has 1 atom stereocenters. The first-order chi connectivity index (χ1) is 12.7. The standard InChI is InChI=1S/C19H27N5OS/c1-2-23-11-7-20-18(23)15-6-5-10-24(13-15)19(25)16-12-21-17(26-16)14-22-8-3-4-9-22/h7,11-12,15H,2-6,8-10,13-14H2,1H3/t15-/m0/s1. The second-order valence-electron chi connectivity index (χ2n) is 7.26. The van der Waals surface area contributed by atoms with Gasteiger partial charge in [-0.05, 0) is 45.7 Å². The lowest BCUT2D eigenvalue weighted by Crippen LogP contribution is -2.39. The highest BCUT2D eigenvalue weighted by Crippen LogP contribution is 2.28. The van der Waals surface area contributed by atoms with Crippen molar-refractivity contribution in [2.45, 2.75) is 51.6 Å². The van der Waals surface area contributed by atoms with Crippen LogP contribution >= 0.6 is 11.3 Å². The van der Waals surface area contributed by atoms with E-state index < -0.39 is 0 Å². The molecule has 0 bridgehead atoms. The molecule has 0 unspecified atom stereocenters. The van der Waals surface area contributed by atoms with Crippen molar-refractivity contribution in [1.29, 1.82) is 0 Å². The number of likely N-dealkylation sites (tertiary alicyclic amines) is 2. The van der Waals surface area contributed by atoms with Crippen LogP contribution in [-0.4, -0.2) is 56.4 Å². The summed E-state index contributed by atoms with van der Waals surface area (Å²) < 4.78 is 2.19. The highest BCUT2D eigenvalue weighted by atomic mass is 32.1. The molecule has 2 aromatic heterocycles. The fourth-order valence-electron chi connectivity index (χ4n) is 4.09. The van der Waals surface area contributed by atoms with Crippen LogP contribution < -0.4 is 0 Å². The van der Waals surface area contributed by atoms with Gasteiger partial charge in [-0.2, -0.15) is 0 Å². The van der Waals surface area contributed by atoms with Crippen molar-refractivity contribution < 1.29 is 4.79 Å². The third-order valence-corrected chi connectivity index (χ3v) is 6.45. The molecular weight excluding hydrogens is 346 g/mol. The normalized spacial score (nSPS) is 21.4. The number of aromatic nitrogens is 3. The van der Waals surface area contributed by atoms with Gasteiger partial charge in [0.25, 0.3) is 5.91 Å². The lowest BCUT2D eigenvalue weighted by Gasteiger charge is -2.32. The van der Waals surface area contributed by atoms with Crippen LogP contribution in [0.3, 0.4) is 0 Å². The van der Waals surface area contributed by atoms with Gasteiger partial charge in [-0.25, -0.2) is 9.97 Å². The molecule has 0 radical (unpaired) electrons. The summed E-state index contributed by atoms with van der Waals surface area (Å²) in [6.45, 7) is 7.84. The molecule has 0 spiro atoms. The molecule has 2 fully saturated rings. The quantitative estimate of drug-likeness (QED) is 0.809. The molecule has 0 aliphatic carbocycles. The van der Waals surface area contributed by atoms with E-state index in [1.54, 1.807) is 17.5 Å². The first kappa shape index (κ1) is 17.7. The van der Waals surface area contributed by atoms with E-state index in [0.29, 0.717) is 5.92 Å². The maximum absolute atomic E-state index is 13.0. The highest BCUT2D eigenvalue weighted by molar-refractivity contribution is 7.13. The third kappa shape index (κ3) is 3.69. The second-order valence-corrected chi connectivity index (χ2v) is 8.38. The van der Waals surface area contributed by atoms with Crippen LogP contribution in [0, 0.1) is 0 Å². The van der Waals surface area contributed by atoms with Gasteiger partial charge in [-0.15, -0.1) is 11.3 Å². The zero-order valence-electron chi connectivity index (χ0n) is 15.4. The van der Waals surface area contributed by atoms with Crippen LogP contribution in [0.15, 0.2) is 18.6 Å². The van der Waals surface area contributed by atoms with Gasteiger partial charge in [-0.1, -0.05) is 0 Å². The molecule has 2 aliphatic heterocycles. The van der Waals surface area contributed by atoms with E-state index in [1.165, 1.54) is 12.8 Å². The minimum atomic E-state index is 0.134. The Labute approximate surface area is 158 Å². The average Bonchev–Trinajstić information content (AvgIpc) is 3.43. The van der Waals surface area contributed by atoms with E-state index in [-0.39, 0.29) is 5.91 Å². The van der Waals surface area contributed by atoms with Gasteiger partial charge < -0.3 is 9.47 Å². The van der Waals surface area contributed by atoms with E-state index in [9.17, 15) is 4.79 Å². The molecule has 6 nitrogen and oxygen atoms in total. The number of aryl methyl sites for hydroxylation is 1. The molecule has 2 aromatic rings. The van der Waals surface area contributed by atoms with Gasteiger partial charge >= 0.3 is 0 Å². The zero-order valence-corrected chi connectivity index (χ0v) is 16.2. The Morgan fingerprint density at radius 3 is 2.88 bits per heavy atom. The van der Waals surface area contributed by atoms with Crippen LogP contribution in [0.2, 0.25) is 0 Å². The van der Waals surface area contributed by atoms with E-state index in [4.69, 9.17) is 0 Å². The maximum atomic E-state index is 13.0. The van der Waals surface area contributed by atoms with E-state index >= 15 is 0 Å². The van der Waals surface area contributed by atoms with Crippen molar-refractivity contribution in [3.63, 3.8) is 0 Å². The largest absolute Gasteiger partial charge is 0.337 e. The molecule has 7 heteroatoms. The smallest absolute Gasteiger partial charge is 0.265 e. The number of thiazole rings is 1. The number of imidazole rings is 1. The van der Waals surface area contributed by atoms with Gasteiger partial charge in [0.05, 0.1) is 12.7 Å². The van der Waals surface area contributed by atoms with Crippen LogP contribution in [0.25, 0.3) is 0 Å². The Morgan fingerprint density at radius 2 is 2.08 bits per heavy atom. The monoisotopic (exact) mass is 373 g/mol.